The van der Waals surface area contributed by atoms with Gasteiger partial charge in [-0.25, -0.2) is 9.97 Å². The van der Waals surface area contributed by atoms with Crippen LogP contribution in [0.25, 0.3) is 0 Å². The summed E-state index contributed by atoms with van der Waals surface area (Å²) in [6, 6.07) is 6.71. The number of methoxy groups -OCH3 is 1. The lowest BCUT2D eigenvalue weighted by molar-refractivity contribution is -0.130. The smallest absolute Gasteiger partial charge is 0.272 e. The average molecular weight is 390 g/mol. The Bertz CT molecular complexity index is 853. The molecule has 1 fully saturated rings. The van der Waals surface area contributed by atoms with Crippen LogP contribution in [0.15, 0.2) is 30.5 Å². The Morgan fingerprint density at radius 2 is 1.85 bits per heavy atom. The fourth-order valence-electron chi connectivity index (χ4n) is 2.82. The molecule has 1 aromatic carbocycles. The van der Waals surface area contributed by atoms with E-state index in [1.807, 2.05) is 0 Å². The van der Waals surface area contributed by atoms with Crippen molar-refractivity contribution < 1.29 is 14.3 Å². The van der Waals surface area contributed by atoms with E-state index in [9.17, 15) is 9.59 Å². The number of halogens is 1. The Morgan fingerprint density at radius 3 is 2.52 bits per heavy atom. The fraction of sp³-hybridized carbons (Fsp3) is 0.333. The highest BCUT2D eigenvalue weighted by Crippen LogP contribution is 2.29. The van der Waals surface area contributed by atoms with Gasteiger partial charge in [-0.05, 0) is 24.3 Å². The molecule has 27 heavy (non-hydrogen) atoms. The van der Waals surface area contributed by atoms with Crippen LogP contribution in [0.1, 0.15) is 17.4 Å². The fourth-order valence-corrected chi connectivity index (χ4v) is 2.99. The maximum atomic E-state index is 12.7. The first-order chi connectivity index (χ1) is 13.0. The minimum atomic E-state index is -0.193. The van der Waals surface area contributed by atoms with Gasteiger partial charge in [0.2, 0.25) is 11.9 Å². The van der Waals surface area contributed by atoms with E-state index in [1.54, 1.807) is 41.2 Å². The van der Waals surface area contributed by atoms with Gasteiger partial charge in [-0.1, -0.05) is 11.6 Å². The molecule has 8 nitrogen and oxygen atoms in total. The third kappa shape index (κ3) is 4.46. The predicted octanol–water partition coefficient (Wildman–Crippen LogP) is 2.19. The highest BCUT2D eigenvalue weighted by molar-refractivity contribution is 6.31. The maximum Gasteiger partial charge on any atom is 0.272 e. The Morgan fingerprint density at radius 1 is 1.15 bits per heavy atom. The average Bonchev–Trinajstić information content (AvgIpc) is 2.68. The lowest BCUT2D eigenvalue weighted by Crippen LogP contribution is -2.50. The number of aromatic nitrogens is 2. The van der Waals surface area contributed by atoms with E-state index < -0.39 is 0 Å². The van der Waals surface area contributed by atoms with E-state index in [-0.39, 0.29) is 23.5 Å². The van der Waals surface area contributed by atoms with Crippen LogP contribution >= 0.6 is 11.6 Å². The van der Waals surface area contributed by atoms with Crippen LogP contribution in [-0.4, -0.2) is 64.9 Å². The summed E-state index contributed by atoms with van der Waals surface area (Å²) in [6.45, 7) is 3.54. The number of hydrogen-bond donors (Lipinski definition) is 1. The van der Waals surface area contributed by atoms with Crippen LogP contribution < -0.4 is 10.1 Å². The van der Waals surface area contributed by atoms with Crippen molar-refractivity contribution in [2.75, 3.05) is 38.6 Å². The Balaban J connectivity index is 1.73. The van der Waals surface area contributed by atoms with E-state index in [4.69, 9.17) is 16.3 Å². The second-order valence-electron chi connectivity index (χ2n) is 6.03. The highest BCUT2D eigenvalue weighted by atomic mass is 35.5. The Kier molecular flexibility index (Phi) is 5.75. The number of amides is 2. The normalized spacial score (nSPS) is 14.0. The van der Waals surface area contributed by atoms with Gasteiger partial charge in [0.25, 0.3) is 5.91 Å². The number of rotatable bonds is 4. The zero-order chi connectivity index (χ0) is 19.4. The summed E-state index contributed by atoms with van der Waals surface area (Å²) in [7, 11) is 1.55. The van der Waals surface area contributed by atoms with E-state index in [1.165, 1.54) is 13.1 Å². The van der Waals surface area contributed by atoms with Crippen molar-refractivity contribution in [1.29, 1.82) is 0 Å². The predicted molar refractivity (Wildman–Crippen MR) is 101 cm³/mol. The molecule has 0 radical (unpaired) electrons. The quantitative estimate of drug-likeness (QED) is 0.862. The van der Waals surface area contributed by atoms with Crippen LogP contribution in [0.4, 0.5) is 11.6 Å². The molecule has 1 N–H and O–H groups in total. The Hall–Kier alpha value is -2.87. The van der Waals surface area contributed by atoms with E-state index in [0.717, 1.165) is 0 Å². The summed E-state index contributed by atoms with van der Waals surface area (Å²) in [5.41, 5.74) is 0.884. The van der Waals surface area contributed by atoms with Gasteiger partial charge in [0, 0.05) is 44.3 Å². The number of anilines is 2. The SMILES string of the molecule is COc1ccc(Cl)cc1Nc1nccc(C(=O)N2CCN(C(C)=O)CC2)n1. The van der Waals surface area contributed by atoms with Gasteiger partial charge < -0.3 is 19.9 Å². The van der Waals surface area contributed by atoms with E-state index >= 15 is 0 Å². The molecule has 9 heteroatoms. The molecule has 2 amide bonds. The molecule has 2 aromatic rings. The zero-order valence-corrected chi connectivity index (χ0v) is 15.9. The molecule has 1 aliphatic rings. The molecular formula is C18H20ClN5O3. The molecule has 0 saturated carbocycles. The number of nitrogens with one attached hydrogen (secondary N) is 1. The van der Waals surface area contributed by atoms with Crippen LogP contribution in [0.5, 0.6) is 5.75 Å². The number of piperazine rings is 1. The van der Waals surface area contributed by atoms with Gasteiger partial charge in [0.15, 0.2) is 0 Å². The van der Waals surface area contributed by atoms with E-state index in [0.29, 0.717) is 42.6 Å². The van der Waals surface area contributed by atoms with Crippen LogP contribution in [0.2, 0.25) is 5.02 Å². The molecule has 142 valence electrons. The minimum absolute atomic E-state index is 0.0195. The first-order valence-corrected chi connectivity index (χ1v) is 8.84. The first-order valence-electron chi connectivity index (χ1n) is 8.46. The third-order valence-corrected chi connectivity index (χ3v) is 4.53. The summed E-state index contributed by atoms with van der Waals surface area (Å²) >= 11 is 6.03. The molecule has 2 heterocycles. The third-order valence-electron chi connectivity index (χ3n) is 4.29. The molecule has 1 aromatic heterocycles. The Labute approximate surface area is 162 Å². The van der Waals surface area contributed by atoms with Crippen molar-refractivity contribution in [1.82, 2.24) is 19.8 Å². The first kappa shape index (κ1) is 18.9. The monoisotopic (exact) mass is 389 g/mol. The number of ether oxygens (including phenoxy) is 1. The molecule has 0 bridgehead atoms. The summed E-state index contributed by atoms with van der Waals surface area (Å²) in [5, 5.41) is 3.57. The van der Waals surface area contributed by atoms with Gasteiger partial charge in [0.05, 0.1) is 12.8 Å². The lowest BCUT2D eigenvalue weighted by atomic mass is 10.2. The molecule has 3 rings (SSSR count). The second kappa shape index (κ2) is 8.22. The number of carbonyl (C=O) groups excluding carboxylic acids is 2. The lowest BCUT2D eigenvalue weighted by Gasteiger charge is -2.34. The summed E-state index contributed by atoms with van der Waals surface area (Å²) < 4.78 is 5.29. The van der Waals surface area contributed by atoms with E-state index in [2.05, 4.69) is 15.3 Å². The van der Waals surface area contributed by atoms with Gasteiger partial charge in [-0.2, -0.15) is 0 Å². The van der Waals surface area contributed by atoms with Gasteiger partial charge in [-0.3, -0.25) is 9.59 Å². The zero-order valence-electron chi connectivity index (χ0n) is 15.1. The molecule has 1 aliphatic heterocycles. The molecular weight excluding hydrogens is 370 g/mol. The summed E-state index contributed by atoms with van der Waals surface area (Å²) in [4.78, 5) is 36.0. The van der Waals surface area contributed by atoms with Crippen LogP contribution in [0.3, 0.4) is 0 Å². The van der Waals surface area contributed by atoms with Crippen molar-refractivity contribution in [2.24, 2.45) is 0 Å². The minimum Gasteiger partial charge on any atom is -0.495 e. The molecule has 1 saturated heterocycles. The van der Waals surface area contributed by atoms with Gasteiger partial charge in [0.1, 0.15) is 11.4 Å². The van der Waals surface area contributed by atoms with Crippen molar-refractivity contribution in [3.8, 4) is 5.75 Å². The molecule has 0 aliphatic carbocycles. The topological polar surface area (TPSA) is 87.7 Å². The van der Waals surface area contributed by atoms with Crippen molar-refractivity contribution in [2.45, 2.75) is 6.92 Å². The summed E-state index contributed by atoms with van der Waals surface area (Å²) in [6.07, 6.45) is 1.52. The number of carbonyl (C=O) groups is 2. The molecule has 0 unspecified atom stereocenters. The molecule has 0 atom stereocenters. The maximum absolute atomic E-state index is 12.7. The van der Waals surface area contributed by atoms with Crippen LogP contribution in [-0.2, 0) is 4.79 Å². The standard InChI is InChI=1S/C18H20ClN5O3/c1-12(25)23-7-9-24(10-8-23)17(26)14-5-6-20-18(21-14)22-15-11-13(19)3-4-16(15)27-2/h3-6,11H,7-10H2,1-2H3,(H,20,21,22). The second-order valence-corrected chi connectivity index (χ2v) is 6.47. The number of benzene rings is 1. The summed E-state index contributed by atoms with van der Waals surface area (Å²) in [5.74, 6) is 0.677. The van der Waals surface area contributed by atoms with Crippen molar-refractivity contribution >= 4 is 35.1 Å². The largest absolute Gasteiger partial charge is 0.495 e. The van der Waals surface area contributed by atoms with Crippen molar-refractivity contribution in [3.63, 3.8) is 0 Å². The van der Waals surface area contributed by atoms with Crippen LogP contribution in [0, 0.1) is 0 Å². The molecule has 0 spiro atoms. The van der Waals surface area contributed by atoms with Gasteiger partial charge in [-0.15, -0.1) is 0 Å². The van der Waals surface area contributed by atoms with Gasteiger partial charge >= 0.3 is 0 Å². The number of hydrogen-bond acceptors (Lipinski definition) is 6. The highest BCUT2D eigenvalue weighted by Gasteiger charge is 2.24. The van der Waals surface area contributed by atoms with Crippen molar-refractivity contribution in [3.05, 3.63) is 41.2 Å². The number of nitrogens with zero attached hydrogens (tertiary/aromatic N) is 4.